The molecular formula is C18H21N3O6S. The number of non-ortho nitro benzene ring substituents is 1. The molecule has 0 aliphatic heterocycles. The molecule has 0 radical (unpaired) electrons. The van der Waals surface area contributed by atoms with Crippen LogP contribution in [0.3, 0.4) is 0 Å². The number of nitro groups is 1. The number of methoxy groups -OCH3 is 1. The van der Waals surface area contributed by atoms with Crippen LogP contribution in [0.5, 0.6) is 5.75 Å². The second kappa shape index (κ2) is 8.26. The highest BCUT2D eigenvalue weighted by molar-refractivity contribution is 7.92. The molecule has 0 fully saturated rings. The molecule has 10 heteroatoms. The average molecular weight is 407 g/mol. The number of anilines is 2. The minimum atomic E-state index is -3.75. The second-order valence-corrected chi connectivity index (χ2v) is 8.09. The van der Waals surface area contributed by atoms with Gasteiger partial charge in [0.2, 0.25) is 15.9 Å². The summed E-state index contributed by atoms with van der Waals surface area (Å²) in [4.78, 5) is 22.9. The predicted molar refractivity (Wildman–Crippen MR) is 106 cm³/mol. The van der Waals surface area contributed by atoms with Crippen molar-refractivity contribution in [3.63, 3.8) is 0 Å². The molecule has 0 aromatic heterocycles. The van der Waals surface area contributed by atoms with Crippen LogP contribution in [0.15, 0.2) is 36.4 Å². The number of ether oxygens (including phenoxy) is 1. The van der Waals surface area contributed by atoms with Gasteiger partial charge in [0, 0.05) is 12.1 Å². The summed E-state index contributed by atoms with van der Waals surface area (Å²) in [6.07, 6.45) is 1.01. The van der Waals surface area contributed by atoms with Crippen LogP contribution in [0.2, 0.25) is 0 Å². The third-order valence-electron chi connectivity index (χ3n) is 4.20. The average Bonchev–Trinajstić information content (AvgIpc) is 2.61. The number of hydrogen-bond acceptors (Lipinski definition) is 6. The van der Waals surface area contributed by atoms with Gasteiger partial charge in [-0.2, -0.15) is 0 Å². The Morgan fingerprint density at radius 2 is 1.93 bits per heavy atom. The zero-order valence-electron chi connectivity index (χ0n) is 15.9. The molecule has 0 bridgehead atoms. The van der Waals surface area contributed by atoms with E-state index in [9.17, 15) is 23.3 Å². The van der Waals surface area contributed by atoms with Gasteiger partial charge in [-0.1, -0.05) is 12.1 Å². The summed E-state index contributed by atoms with van der Waals surface area (Å²) in [5.41, 5.74) is 1.85. The van der Waals surface area contributed by atoms with E-state index >= 15 is 0 Å². The first-order valence-corrected chi connectivity index (χ1v) is 10.1. The fraction of sp³-hybridized carbons (Fsp3) is 0.278. The van der Waals surface area contributed by atoms with Crippen LogP contribution in [-0.4, -0.2) is 39.2 Å². The standard InChI is InChI=1S/C18H21N3O6S/c1-12-6-5-7-16(13(12)2)20(28(4,25)26)11-18(22)19-15-10-14(21(23)24)8-9-17(15)27-3/h5-10H,11H2,1-4H3,(H,19,22). The number of carbonyl (C=O) groups is 1. The largest absolute Gasteiger partial charge is 0.495 e. The lowest BCUT2D eigenvalue weighted by Gasteiger charge is -2.24. The number of sulfonamides is 1. The fourth-order valence-corrected chi connectivity index (χ4v) is 3.52. The number of benzene rings is 2. The number of nitrogens with zero attached hydrogens (tertiary/aromatic N) is 2. The van der Waals surface area contributed by atoms with Gasteiger partial charge in [-0.15, -0.1) is 0 Å². The van der Waals surface area contributed by atoms with Gasteiger partial charge in [-0.3, -0.25) is 19.2 Å². The Kier molecular flexibility index (Phi) is 6.24. The van der Waals surface area contributed by atoms with Gasteiger partial charge >= 0.3 is 0 Å². The van der Waals surface area contributed by atoms with Gasteiger partial charge in [-0.05, 0) is 37.1 Å². The van der Waals surface area contributed by atoms with E-state index in [0.717, 1.165) is 27.8 Å². The molecule has 9 nitrogen and oxygen atoms in total. The van der Waals surface area contributed by atoms with E-state index in [1.165, 1.54) is 19.2 Å². The van der Waals surface area contributed by atoms with Crippen LogP contribution < -0.4 is 14.4 Å². The maximum absolute atomic E-state index is 12.5. The molecular weight excluding hydrogens is 386 g/mol. The van der Waals surface area contributed by atoms with Crippen molar-refractivity contribution in [1.82, 2.24) is 0 Å². The second-order valence-electron chi connectivity index (χ2n) is 6.18. The van der Waals surface area contributed by atoms with Gasteiger partial charge in [-0.25, -0.2) is 8.42 Å². The molecule has 150 valence electrons. The highest BCUT2D eigenvalue weighted by Gasteiger charge is 2.24. The summed E-state index contributed by atoms with van der Waals surface area (Å²) in [7, 11) is -2.39. The summed E-state index contributed by atoms with van der Waals surface area (Å²) in [6, 6.07) is 8.91. The Morgan fingerprint density at radius 1 is 1.25 bits per heavy atom. The molecule has 2 aromatic carbocycles. The molecule has 0 unspecified atom stereocenters. The predicted octanol–water partition coefficient (Wildman–Crippen LogP) is 2.62. The molecule has 2 aromatic rings. The van der Waals surface area contributed by atoms with E-state index in [-0.39, 0.29) is 17.1 Å². The van der Waals surface area contributed by atoms with Crippen molar-refractivity contribution in [1.29, 1.82) is 0 Å². The molecule has 0 aliphatic carbocycles. The van der Waals surface area contributed by atoms with Gasteiger partial charge in [0.05, 0.1) is 29.7 Å². The van der Waals surface area contributed by atoms with E-state index in [1.54, 1.807) is 19.1 Å². The number of rotatable bonds is 7. The maximum atomic E-state index is 12.5. The number of hydrogen-bond donors (Lipinski definition) is 1. The first-order valence-electron chi connectivity index (χ1n) is 8.20. The maximum Gasteiger partial charge on any atom is 0.271 e. The molecule has 1 amide bonds. The number of nitrogens with one attached hydrogen (secondary N) is 1. The Balaban J connectivity index is 2.34. The third kappa shape index (κ3) is 4.77. The van der Waals surface area contributed by atoms with Gasteiger partial charge in [0.15, 0.2) is 0 Å². The van der Waals surface area contributed by atoms with Crippen LogP contribution in [0.1, 0.15) is 11.1 Å². The van der Waals surface area contributed by atoms with E-state index < -0.39 is 27.4 Å². The van der Waals surface area contributed by atoms with Gasteiger partial charge in [0.25, 0.3) is 5.69 Å². The van der Waals surface area contributed by atoms with Crippen molar-refractivity contribution in [3.8, 4) is 5.75 Å². The summed E-state index contributed by atoms with van der Waals surface area (Å²) < 4.78 is 30.7. The lowest BCUT2D eigenvalue weighted by molar-refractivity contribution is -0.384. The van der Waals surface area contributed by atoms with Crippen molar-refractivity contribution in [3.05, 3.63) is 57.6 Å². The van der Waals surface area contributed by atoms with Crippen LogP contribution in [-0.2, 0) is 14.8 Å². The molecule has 28 heavy (non-hydrogen) atoms. The SMILES string of the molecule is COc1ccc([N+](=O)[O-])cc1NC(=O)CN(c1cccc(C)c1C)S(C)(=O)=O. The first-order chi connectivity index (χ1) is 13.0. The van der Waals surface area contributed by atoms with Crippen molar-refractivity contribution >= 4 is 33.0 Å². The topological polar surface area (TPSA) is 119 Å². The zero-order valence-corrected chi connectivity index (χ0v) is 16.7. The third-order valence-corrected chi connectivity index (χ3v) is 5.33. The highest BCUT2D eigenvalue weighted by atomic mass is 32.2. The van der Waals surface area contributed by atoms with Gasteiger partial charge < -0.3 is 10.1 Å². The Hall–Kier alpha value is -3.14. The molecule has 0 atom stereocenters. The highest BCUT2D eigenvalue weighted by Crippen LogP contribution is 2.29. The monoisotopic (exact) mass is 407 g/mol. The normalized spacial score (nSPS) is 11.0. The van der Waals surface area contributed by atoms with E-state index in [1.807, 2.05) is 13.0 Å². The lowest BCUT2D eigenvalue weighted by Crippen LogP contribution is -2.38. The van der Waals surface area contributed by atoms with E-state index in [4.69, 9.17) is 4.74 Å². The quantitative estimate of drug-likeness (QED) is 0.557. The van der Waals surface area contributed by atoms with Crippen LogP contribution in [0, 0.1) is 24.0 Å². The van der Waals surface area contributed by atoms with Crippen molar-refractivity contribution in [2.75, 3.05) is 29.5 Å². The number of amides is 1. The summed E-state index contributed by atoms with van der Waals surface area (Å²) in [5, 5.41) is 13.5. The summed E-state index contributed by atoms with van der Waals surface area (Å²) >= 11 is 0. The smallest absolute Gasteiger partial charge is 0.271 e. The minimum Gasteiger partial charge on any atom is -0.495 e. The van der Waals surface area contributed by atoms with Crippen LogP contribution in [0.25, 0.3) is 0 Å². The molecule has 0 saturated carbocycles. The molecule has 2 rings (SSSR count). The lowest BCUT2D eigenvalue weighted by atomic mass is 10.1. The number of aryl methyl sites for hydroxylation is 1. The van der Waals surface area contributed by atoms with E-state index in [0.29, 0.717) is 5.69 Å². The Morgan fingerprint density at radius 3 is 2.50 bits per heavy atom. The first kappa shape index (κ1) is 21.2. The van der Waals surface area contributed by atoms with Gasteiger partial charge in [0.1, 0.15) is 12.3 Å². The Bertz CT molecular complexity index is 1020. The number of nitro benzene ring substituents is 1. The summed E-state index contributed by atoms with van der Waals surface area (Å²) in [5.74, 6) is -0.443. The zero-order chi connectivity index (χ0) is 21.1. The molecule has 0 spiro atoms. The molecule has 0 saturated heterocycles. The minimum absolute atomic E-state index is 0.0797. The summed E-state index contributed by atoms with van der Waals surface area (Å²) in [6.45, 7) is 3.12. The Labute approximate surface area is 163 Å². The molecule has 0 aliphatic rings. The van der Waals surface area contributed by atoms with Crippen LogP contribution in [0.4, 0.5) is 17.1 Å². The van der Waals surface area contributed by atoms with Crippen molar-refractivity contribution < 1.29 is 22.9 Å². The number of carbonyl (C=O) groups excluding carboxylic acids is 1. The van der Waals surface area contributed by atoms with E-state index in [2.05, 4.69) is 5.32 Å². The van der Waals surface area contributed by atoms with Crippen LogP contribution >= 0.6 is 0 Å². The van der Waals surface area contributed by atoms with Crippen molar-refractivity contribution in [2.24, 2.45) is 0 Å². The molecule has 1 N–H and O–H groups in total. The molecule has 0 heterocycles. The fourth-order valence-electron chi connectivity index (χ4n) is 2.61. The van der Waals surface area contributed by atoms with Crippen molar-refractivity contribution in [2.45, 2.75) is 13.8 Å².